The van der Waals surface area contributed by atoms with Crippen molar-refractivity contribution < 1.29 is 9.47 Å². The molecule has 0 saturated heterocycles. The van der Waals surface area contributed by atoms with Crippen LogP contribution in [0.1, 0.15) is 24.7 Å². The van der Waals surface area contributed by atoms with Crippen molar-refractivity contribution in [1.29, 1.82) is 0 Å². The van der Waals surface area contributed by atoms with E-state index in [1.165, 1.54) is 0 Å². The molecule has 3 nitrogen and oxygen atoms in total. The minimum absolute atomic E-state index is 0.103. The van der Waals surface area contributed by atoms with Gasteiger partial charge in [0, 0.05) is 25.8 Å². The summed E-state index contributed by atoms with van der Waals surface area (Å²) < 4.78 is 10.8. The van der Waals surface area contributed by atoms with Gasteiger partial charge in [-0.3, -0.25) is 4.98 Å². The zero-order chi connectivity index (χ0) is 12.0. The Labute approximate surface area is 102 Å². The normalized spacial score (nSPS) is 12.5. The average Bonchev–Trinajstić information content (AvgIpc) is 2.28. The number of aromatic nitrogens is 1. The molecule has 0 spiro atoms. The van der Waals surface area contributed by atoms with E-state index in [0.29, 0.717) is 12.5 Å². The lowest BCUT2D eigenvalue weighted by Gasteiger charge is -2.16. The number of methoxy groups -OCH3 is 1. The van der Waals surface area contributed by atoms with Gasteiger partial charge in [-0.05, 0) is 26.0 Å². The SMILES string of the molecule is COCCC(C)Oc1ccc(C)nc1CCl. The molecule has 0 bridgehead atoms. The fourth-order valence-electron chi connectivity index (χ4n) is 1.36. The van der Waals surface area contributed by atoms with Crippen LogP contribution in [0.5, 0.6) is 5.75 Å². The van der Waals surface area contributed by atoms with Gasteiger partial charge in [0.1, 0.15) is 5.75 Å². The molecule has 0 radical (unpaired) electrons. The maximum Gasteiger partial charge on any atom is 0.142 e. The van der Waals surface area contributed by atoms with Crippen molar-refractivity contribution in [1.82, 2.24) is 4.98 Å². The standard InChI is InChI=1S/C12H18ClNO2/c1-9-4-5-12(11(8-13)14-9)16-10(2)6-7-15-3/h4-5,10H,6-8H2,1-3H3. The van der Waals surface area contributed by atoms with Crippen LogP contribution in [0.2, 0.25) is 0 Å². The number of alkyl halides is 1. The largest absolute Gasteiger partial charge is 0.489 e. The Morgan fingerprint density at radius 2 is 2.19 bits per heavy atom. The van der Waals surface area contributed by atoms with E-state index in [1.54, 1.807) is 7.11 Å². The molecule has 1 unspecified atom stereocenters. The molecule has 0 aliphatic rings. The molecule has 1 heterocycles. The number of pyridine rings is 1. The molecular weight excluding hydrogens is 226 g/mol. The maximum absolute atomic E-state index is 5.82. The molecular formula is C12H18ClNO2. The summed E-state index contributed by atoms with van der Waals surface area (Å²) in [7, 11) is 1.68. The zero-order valence-corrected chi connectivity index (χ0v) is 10.8. The number of nitrogens with zero attached hydrogens (tertiary/aromatic N) is 1. The number of halogens is 1. The first-order chi connectivity index (χ1) is 7.67. The molecule has 0 saturated carbocycles. The van der Waals surface area contributed by atoms with Crippen molar-refractivity contribution in [3.63, 3.8) is 0 Å². The molecule has 0 aliphatic carbocycles. The lowest BCUT2D eigenvalue weighted by atomic mass is 10.2. The van der Waals surface area contributed by atoms with Crippen molar-refractivity contribution in [2.45, 2.75) is 32.3 Å². The lowest BCUT2D eigenvalue weighted by molar-refractivity contribution is 0.134. The van der Waals surface area contributed by atoms with E-state index < -0.39 is 0 Å². The van der Waals surface area contributed by atoms with Crippen molar-refractivity contribution in [3.05, 3.63) is 23.5 Å². The third kappa shape index (κ3) is 3.99. The van der Waals surface area contributed by atoms with Crippen LogP contribution in [0.3, 0.4) is 0 Å². The quantitative estimate of drug-likeness (QED) is 0.720. The van der Waals surface area contributed by atoms with Crippen LogP contribution in [-0.2, 0) is 10.6 Å². The second-order valence-electron chi connectivity index (χ2n) is 3.74. The van der Waals surface area contributed by atoms with Crippen LogP contribution in [0.25, 0.3) is 0 Å². The number of rotatable bonds is 6. The third-order valence-corrected chi connectivity index (χ3v) is 2.51. The summed E-state index contributed by atoms with van der Waals surface area (Å²) in [6.45, 7) is 4.64. The van der Waals surface area contributed by atoms with Crippen LogP contribution in [0.15, 0.2) is 12.1 Å². The molecule has 0 aromatic carbocycles. The van der Waals surface area contributed by atoms with Crippen LogP contribution in [0, 0.1) is 6.92 Å². The van der Waals surface area contributed by atoms with Crippen molar-refractivity contribution in [3.8, 4) is 5.75 Å². The van der Waals surface area contributed by atoms with E-state index in [1.807, 2.05) is 26.0 Å². The highest BCUT2D eigenvalue weighted by Gasteiger charge is 2.09. The fourth-order valence-corrected chi connectivity index (χ4v) is 1.55. The first-order valence-corrected chi connectivity index (χ1v) is 5.89. The Kier molecular flexibility index (Phi) is 5.56. The van der Waals surface area contributed by atoms with E-state index in [0.717, 1.165) is 23.6 Å². The molecule has 0 fully saturated rings. The number of hydrogen-bond donors (Lipinski definition) is 0. The van der Waals surface area contributed by atoms with E-state index in [4.69, 9.17) is 21.1 Å². The highest BCUT2D eigenvalue weighted by molar-refractivity contribution is 6.17. The van der Waals surface area contributed by atoms with Crippen molar-refractivity contribution in [2.24, 2.45) is 0 Å². The van der Waals surface area contributed by atoms with Crippen LogP contribution < -0.4 is 4.74 Å². The minimum Gasteiger partial charge on any atom is -0.489 e. The van der Waals surface area contributed by atoms with E-state index >= 15 is 0 Å². The highest BCUT2D eigenvalue weighted by Crippen LogP contribution is 2.20. The van der Waals surface area contributed by atoms with Gasteiger partial charge in [-0.1, -0.05) is 0 Å². The van der Waals surface area contributed by atoms with E-state index in [9.17, 15) is 0 Å². The highest BCUT2D eigenvalue weighted by atomic mass is 35.5. The van der Waals surface area contributed by atoms with Gasteiger partial charge in [-0.2, -0.15) is 0 Å². The second kappa shape index (κ2) is 6.71. The Morgan fingerprint density at radius 1 is 1.44 bits per heavy atom. The minimum atomic E-state index is 0.103. The summed E-state index contributed by atoms with van der Waals surface area (Å²) in [4.78, 5) is 4.34. The van der Waals surface area contributed by atoms with Gasteiger partial charge in [-0.15, -0.1) is 11.6 Å². The number of aryl methyl sites for hydroxylation is 1. The monoisotopic (exact) mass is 243 g/mol. The summed E-state index contributed by atoms with van der Waals surface area (Å²) >= 11 is 5.82. The molecule has 4 heteroatoms. The summed E-state index contributed by atoms with van der Waals surface area (Å²) in [6, 6.07) is 3.85. The average molecular weight is 244 g/mol. The van der Waals surface area contributed by atoms with Gasteiger partial charge in [0.2, 0.25) is 0 Å². The maximum atomic E-state index is 5.82. The van der Waals surface area contributed by atoms with Gasteiger partial charge in [0.25, 0.3) is 0 Å². The van der Waals surface area contributed by atoms with E-state index in [2.05, 4.69) is 4.98 Å². The third-order valence-electron chi connectivity index (χ3n) is 2.25. The summed E-state index contributed by atoms with van der Waals surface area (Å²) in [6.07, 6.45) is 0.956. The number of hydrogen-bond acceptors (Lipinski definition) is 3. The Balaban J connectivity index is 2.65. The molecule has 0 aliphatic heterocycles. The zero-order valence-electron chi connectivity index (χ0n) is 10.00. The molecule has 1 atom stereocenters. The molecule has 1 aromatic heterocycles. The molecule has 90 valence electrons. The van der Waals surface area contributed by atoms with Crippen molar-refractivity contribution >= 4 is 11.6 Å². The van der Waals surface area contributed by atoms with Crippen LogP contribution >= 0.6 is 11.6 Å². The Morgan fingerprint density at radius 3 is 2.81 bits per heavy atom. The summed E-state index contributed by atoms with van der Waals surface area (Å²) in [5.74, 6) is 1.14. The topological polar surface area (TPSA) is 31.4 Å². The summed E-state index contributed by atoms with van der Waals surface area (Å²) in [5, 5.41) is 0. The predicted molar refractivity (Wildman–Crippen MR) is 65.1 cm³/mol. The second-order valence-corrected chi connectivity index (χ2v) is 4.01. The Bertz CT molecular complexity index is 331. The smallest absolute Gasteiger partial charge is 0.142 e. The molecule has 0 amide bonds. The van der Waals surface area contributed by atoms with Crippen molar-refractivity contribution in [2.75, 3.05) is 13.7 Å². The van der Waals surface area contributed by atoms with Crippen LogP contribution in [0.4, 0.5) is 0 Å². The van der Waals surface area contributed by atoms with Gasteiger partial charge < -0.3 is 9.47 Å². The molecule has 0 N–H and O–H groups in total. The lowest BCUT2D eigenvalue weighted by Crippen LogP contribution is -2.15. The molecule has 1 aromatic rings. The first kappa shape index (κ1) is 13.3. The number of ether oxygens (including phenoxy) is 2. The van der Waals surface area contributed by atoms with E-state index in [-0.39, 0.29) is 6.10 Å². The first-order valence-electron chi connectivity index (χ1n) is 5.35. The van der Waals surface area contributed by atoms with Gasteiger partial charge in [-0.25, -0.2) is 0 Å². The van der Waals surface area contributed by atoms with Crippen LogP contribution in [-0.4, -0.2) is 24.8 Å². The molecule has 1 rings (SSSR count). The Hall–Kier alpha value is -0.800. The predicted octanol–water partition coefficient (Wildman–Crippen LogP) is 2.93. The molecule has 16 heavy (non-hydrogen) atoms. The summed E-state index contributed by atoms with van der Waals surface area (Å²) in [5.41, 5.74) is 1.75. The van der Waals surface area contributed by atoms with Gasteiger partial charge in [0.05, 0.1) is 17.7 Å². The van der Waals surface area contributed by atoms with Gasteiger partial charge in [0.15, 0.2) is 0 Å². The fraction of sp³-hybridized carbons (Fsp3) is 0.583. The van der Waals surface area contributed by atoms with Gasteiger partial charge >= 0.3 is 0 Å².